The number of hydrogen-bond acceptors (Lipinski definition) is 6. The second-order valence-electron chi connectivity index (χ2n) is 8.31. The van der Waals surface area contributed by atoms with Crippen molar-refractivity contribution >= 4 is 10.1 Å². The van der Waals surface area contributed by atoms with E-state index < -0.39 is 16.1 Å². The maximum Gasteiger partial charge on any atom is 0.335 e. The molecule has 0 radical (unpaired) electrons. The Balaban J connectivity index is 4.82. The van der Waals surface area contributed by atoms with Gasteiger partial charge in [-0.3, -0.25) is 0 Å². The molecule has 0 atom stereocenters. The second-order valence-corrected chi connectivity index (χ2v) is 9.83. The molecule has 0 heterocycles. The Bertz CT molecular complexity index is 450. The number of ether oxygens (including phenoxy) is 3. The number of quaternary nitrogens is 1. The minimum absolute atomic E-state index is 0.311. The summed E-state index contributed by atoms with van der Waals surface area (Å²) >= 11 is 0. The van der Waals surface area contributed by atoms with Crippen molar-refractivity contribution in [1.82, 2.24) is 0 Å². The zero-order valence-corrected chi connectivity index (χ0v) is 21.2. The van der Waals surface area contributed by atoms with Gasteiger partial charge in [0.2, 0.25) is 0 Å². The SMILES string of the molecule is CCCCCCOC(C[NH2+]CCCS(=O)(=O)[O-])(OCCCCCC)OCCCCCC. The maximum atomic E-state index is 10.8. The van der Waals surface area contributed by atoms with Crippen LogP contribution >= 0.6 is 0 Å². The molecule has 0 fully saturated rings. The Morgan fingerprint density at radius 2 is 1.10 bits per heavy atom. The Hall–Kier alpha value is -0.250. The Morgan fingerprint density at radius 3 is 1.45 bits per heavy atom. The summed E-state index contributed by atoms with van der Waals surface area (Å²) in [5.74, 6) is -1.45. The van der Waals surface area contributed by atoms with Crippen LogP contribution in [0.25, 0.3) is 0 Å². The summed E-state index contributed by atoms with van der Waals surface area (Å²) in [7, 11) is -4.17. The molecule has 0 aromatic rings. The summed E-state index contributed by atoms with van der Waals surface area (Å²) in [4.78, 5) is 0. The predicted molar refractivity (Wildman–Crippen MR) is 124 cm³/mol. The first-order valence-electron chi connectivity index (χ1n) is 12.6. The van der Waals surface area contributed by atoms with Crippen LogP contribution in [0.5, 0.6) is 0 Å². The van der Waals surface area contributed by atoms with Crippen molar-refractivity contribution < 1.29 is 32.5 Å². The molecule has 0 aliphatic carbocycles. The van der Waals surface area contributed by atoms with E-state index in [-0.39, 0.29) is 5.75 Å². The summed E-state index contributed by atoms with van der Waals surface area (Å²) in [6, 6.07) is 0. The van der Waals surface area contributed by atoms with Gasteiger partial charge in [-0.15, -0.1) is 0 Å². The molecule has 0 rings (SSSR count). The van der Waals surface area contributed by atoms with Crippen LogP contribution in [-0.2, 0) is 24.3 Å². The Labute approximate surface area is 191 Å². The average molecular weight is 468 g/mol. The predicted octanol–water partition coefficient (Wildman–Crippen LogP) is 3.93. The fourth-order valence-corrected chi connectivity index (χ4v) is 3.77. The molecule has 0 spiro atoms. The van der Waals surface area contributed by atoms with Crippen molar-refractivity contribution in [3.63, 3.8) is 0 Å². The maximum absolute atomic E-state index is 10.8. The lowest BCUT2D eigenvalue weighted by Crippen LogP contribution is -2.89. The summed E-state index contributed by atoms with van der Waals surface area (Å²) in [6.07, 6.45) is 13.6. The third-order valence-corrected chi connectivity index (χ3v) is 5.95. The van der Waals surface area contributed by atoms with Gasteiger partial charge in [0.15, 0.2) is 6.54 Å². The third-order valence-electron chi connectivity index (χ3n) is 5.16. The Morgan fingerprint density at radius 1 is 0.677 bits per heavy atom. The highest BCUT2D eigenvalue weighted by Crippen LogP contribution is 2.18. The first-order chi connectivity index (χ1) is 14.9. The smallest absolute Gasteiger partial charge is 0.335 e. The molecular weight excluding hydrogens is 418 g/mol. The van der Waals surface area contributed by atoms with Gasteiger partial charge in [0.1, 0.15) is 0 Å². The molecule has 0 bridgehead atoms. The highest BCUT2D eigenvalue weighted by molar-refractivity contribution is 7.85. The van der Waals surface area contributed by atoms with Crippen molar-refractivity contribution in [3.8, 4) is 0 Å². The summed E-state index contributed by atoms with van der Waals surface area (Å²) in [5, 5.41) is 1.94. The molecule has 8 heteroatoms. The van der Waals surface area contributed by atoms with Crippen molar-refractivity contribution in [1.29, 1.82) is 0 Å². The van der Waals surface area contributed by atoms with E-state index in [0.29, 0.717) is 39.3 Å². The lowest BCUT2D eigenvalue weighted by atomic mass is 10.2. The minimum atomic E-state index is -4.17. The fraction of sp³-hybridized carbons (Fsp3) is 1.00. The summed E-state index contributed by atoms with van der Waals surface area (Å²) < 4.78 is 51.0. The largest absolute Gasteiger partial charge is 0.748 e. The van der Waals surface area contributed by atoms with Gasteiger partial charge < -0.3 is 24.1 Å². The molecule has 0 saturated carbocycles. The molecule has 0 unspecified atom stereocenters. The normalized spacial score (nSPS) is 12.5. The number of unbranched alkanes of at least 4 members (excludes halogenated alkanes) is 9. The van der Waals surface area contributed by atoms with Crippen LogP contribution < -0.4 is 5.32 Å². The van der Waals surface area contributed by atoms with Crippen LogP contribution in [-0.4, -0.2) is 57.6 Å². The first kappa shape index (κ1) is 30.8. The number of nitrogens with two attached hydrogens (primary N) is 1. The molecule has 0 aliphatic heterocycles. The van der Waals surface area contributed by atoms with Crippen molar-refractivity contribution in [2.45, 2.75) is 110 Å². The van der Waals surface area contributed by atoms with E-state index >= 15 is 0 Å². The fourth-order valence-electron chi connectivity index (χ4n) is 3.25. The molecule has 2 N–H and O–H groups in total. The molecule has 0 aliphatic rings. The first-order valence-corrected chi connectivity index (χ1v) is 14.1. The van der Waals surface area contributed by atoms with E-state index in [2.05, 4.69) is 20.8 Å². The highest BCUT2D eigenvalue weighted by Gasteiger charge is 2.36. The van der Waals surface area contributed by atoms with Gasteiger partial charge in [-0.1, -0.05) is 78.6 Å². The van der Waals surface area contributed by atoms with Crippen molar-refractivity contribution in [2.24, 2.45) is 0 Å². The van der Waals surface area contributed by atoms with Crippen LogP contribution in [0.1, 0.15) is 104 Å². The number of rotatable bonds is 24. The van der Waals surface area contributed by atoms with Crippen LogP contribution in [0.2, 0.25) is 0 Å². The van der Waals surface area contributed by atoms with E-state index in [9.17, 15) is 13.0 Å². The van der Waals surface area contributed by atoms with E-state index in [1.54, 1.807) is 0 Å². The zero-order chi connectivity index (χ0) is 23.3. The molecule has 31 heavy (non-hydrogen) atoms. The van der Waals surface area contributed by atoms with Gasteiger partial charge in [0.05, 0.1) is 36.5 Å². The molecule has 0 aromatic heterocycles. The van der Waals surface area contributed by atoms with E-state index in [4.69, 9.17) is 14.2 Å². The van der Waals surface area contributed by atoms with E-state index in [1.807, 2.05) is 5.32 Å². The van der Waals surface area contributed by atoms with Crippen LogP contribution in [0.4, 0.5) is 0 Å². The standard InChI is InChI=1S/C23H49NO6S/c1-4-7-10-13-18-28-23(29-19-14-11-8-5-2,30-20-15-12-9-6-3)22-24-17-16-21-31(25,26)27/h24H,4-22H2,1-3H3,(H,25,26,27). The van der Waals surface area contributed by atoms with E-state index in [0.717, 1.165) is 38.5 Å². The zero-order valence-electron chi connectivity index (χ0n) is 20.4. The monoisotopic (exact) mass is 467 g/mol. The molecule has 0 amide bonds. The Kier molecular flexibility index (Phi) is 20.2. The lowest BCUT2D eigenvalue weighted by Gasteiger charge is -2.32. The van der Waals surface area contributed by atoms with Crippen molar-refractivity contribution in [3.05, 3.63) is 0 Å². The van der Waals surface area contributed by atoms with E-state index in [1.165, 1.54) is 38.5 Å². The molecule has 7 nitrogen and oxygen atoms in total. The van der Waals surface area contributed by atoms with Crippen LogP contribution in [0, 0.1) is 0 Å². The molecule has 188 valence electrons. The molecular formula is C23H49NO6S. The quantitative estimate of drug-likeness (QED) is 0.131. The van der Waals surface area contributed by atoms with Gasteiger partial charge in [0.25, 0.3) is 0 Å². The minimum Gasteiger partial charge on any atom is -0.748 e. The van der Waals surface area contributed by atoms with Crippen LogP contribution in [0.3, 0.4) is 0 Å². The highest BCUT2D eigenvalue weighted by atomic mass is 32.2. The summed E-state index contributed by atoms with van der Waals surface area (Å²) in [6.45, 7) is 9.22. The summed E-state index contributed by atoms with van der Waals surface area (Å²) in [5.41, 5.74) is 0. The van der Waals surface area contributed by atoms with Crippen molar-refractivity contribution in [2.75, 3.05) is 38.7 Å². The topological polar surface area (TPSA) is 102 Å². The molecule has 0 saturated heterocycles. The molecule has 0 aromatic carbocycles. The third kappa shape index (κ3) is 20.1. The van der Waals surface area contributed by atoms with Gasteiger partial charge in [-0.2, -0.15) is 0 Å². The van der Waals surface area contributed by atoms with Gasteiger partial charge in [-0.25, -0.2) is 8.42 Å². The lowest BCUT2D eigenvalue weighted by molar-refractivity contribution is -0.691. The van der Waals surface area contributed by atoms with Gasteiger partial charge >= 0.3 is 5.97 Å². The van der Waals surface area contributed by atoms with Gasteiger partial charge in [0, 0.05) is 12.2 Å². The average Bonchev–Trinajstić information content (AvgIpc) is 2.72. The van der Waals surface area contributed by atoms with Crippen LogP contribution in [0.15, 0.2) is 0 Å². The van der Waals surface area contributed by atoms with Gasteiger partial charge in [-0.05, 0) is 19.3 Å². The second kappa shape index (κ2) is 20.4. The number of hydrogen-bond donors (Lipinski definition) is 1.